The Labute approximate surface area is 109 Å². The molecular weight excluding hydrogens is 244 g/mol. The minimum Gasteiger partial charge on any atom is -0.390 e. The number of thiazole rings is 1. The molecule has 2 aromatic heterocycles. The van der Waals surface area contributed by atoms with Crippen LogP contribution in [0.2, 0.25) is 0 Å². The van der Waals surface area contributed by atoms with Crippen molar-refractivity contribution in [3.05, 3.63) is 35.5 Å². The van der Waals surface area contributed by atoms with Gasteiger partial charge in [-0.25, -0.2) is 4.98 Å². The first-order valence-electron chi connectivity index (χ1n) is 5.88. The van der Waals surface area contributed by atoms with E-state index in [1.165, 1.54) is 0 Å². The molecule has 1 aromatic carbocycles. The lowest BCUT2D eigenvalue weighted by Gasteiger charge is -2.14. The van der Waals surface area contributed by atoms with Gasteiger partial charge in [-0.05, 0) is 19.9 Å². The number of hydrogen-bond acceptors (Lipinski definition) is 4. The van der Waals surface area contributed by atoms with E-state index in [0.717, 1.165) is 26.1 Å². The molecule has 0 radical (unpaired) electrons. The topological polar surface area (TPSA) is 46.0 Å². The van der Waals surface area contributed by atoms with Crippen molar-refractivity contribution in [2.24, 2.45) is 0 Å². The van der Waals surface area contributed by atoms with Crippen molar-refractivity contribution >= 4 is 32.5 Å². The second kappa shape index (κ2) is 4.00. The minimum absolute atomic E-state index is 0.570. The molecule has 0 saturated carbocycles. The minimum atomic E-state index is -0.725. The zero-order valence-corrected chi connectivity index (χ0v) is 11.2. The zero-order chi connectivity index (χ0) is 12.8. The first-order valence-corrected chi connectivity index (χ1v) is 6.70. The molecule has 0 aliphatic carbocycles. The molecule has 18 heavy (non-hydrogen) atoms. The van der Waals surface area contributed by atoms with Gasteiger partial charge >= 0.3 is 0 Å². The van der Waals surface area contributed by atoms with Crippen molar-refractivity contribution in [2.45, 2.75) is 25.9 Å². The lowest BCUT2D eigenvalue weighted by molar-refractivity contribution is 0.0810. The van der Waals surface area contributed by atoms with Gasteiger partial charge in [0.05, 0.1) is 27.0 Å². The molecule has 3 rings (SSSR count). The van der Waals surface area contributed by atoms with E-state index in [4.69, 9.17) is 0 Å². The van der Waals surface area contributed by atoms with E-state index in [-0.39, 0.29) is 0 Å². The second-order valence-corrected chi connectivity index (χ2v) is 6.17. The molecule has 0 aliphatic heterocycles. The Kier molecular flexibility index (Phi) is 2.57. The lowest BCUT2D eigenvalue weighted by Crippen LogP contribution is -2.21. The summed E-state index contributed by atoms with van der Waals surface area (Å²) >= 11 is 1.64. The fraction of sp³-hybridized carbons (Fsp3) is 0.286. The molecule has 0 bridgehead atoms. The van der Waals surface area contributed by atoms with Gasteiger partial charge < -0.3 is 5.11 Å². The highest BCUT2D eigenvalue weighted by Crippen LogP contribution is 2.30. The van der Waals surface area contributed by atoms with Crippen LogP contribution in [0.5, 0.6) is 0 Å². The van der Waals surface area contributed by atoms with Gasteiger partial charge in [-0.15, -0.1) is 11.3 Å². The van der Waals surface area contributed by atoms with Gasteiger partial charge in [0.1, 0.15) is 5.52 Å². The second-order valence-electron chi connectivity index (χ2n) is 5.09. The first-order chi connectivity index (χ1) is 8.53. The molecule has 0 fully saturated rings. The van der Waals surface area contributed by atoms with Crippen molar-refractivity contribution in [3.63, 3.8) is 0 Å². The fourth-order valence-corrected chi connectivity index (χ4v) is 3.30. The number of aliphatic hydroxyl groups is 1. The molecule has 0 unspecified atom stereocenters. The Morgan fingerprint density at radius 1 is 1.22 bits per heavy atom. The first kappa shape index (κ1) is 11.6. The Hall–Kier alpha value is -1.52. The third-order valence-corrected chi connectivity index (χ3v) is 3.86. The fourth-order valence-electron chi connectivity index (χ4n) is 2.01. The maximum Gasteiger partial charge on any atom is 0.100 e. The summed E-state index contributed by atoms with van der Waals surface area (Å²) in [6, 6.07) is 8.07. The quantitative estimate of drug-likeness (QED) is 0.768. The summed E-state index contributed by atoms with van der Waals surface area (Å²) in [6.07, 6.45) is 2.38. The molecule has 92 valence electrons. The number of aromatic nitrogens is 2. The van der Waals surface area contributed by atoms with Crippen LogP contribution in [0.3, 0.4) is 0 Å². The van der Waals surface area contributed by atoms with Crippen LogP contribution in [0, 0.1) is 0 Å². The van der Waals surface area contributed by atoms with E-state index >= 15 is 0 Å². The Bertz CT molecular complexity index is 712. The number of hydrogen-bond donors (Lipinski definition) is 1. The maximum absolute atomic E-state index is 9.86. The molecule has 3 aromatic rings. The Morgan fingerprint density at radius 3 is 2.78 bits per heavy atom. The van der Waals surface area contributed by atoms with Crippen molar-refractivity contribution in [3.8, 4) is 0 Å². The molecule has 3 nitrogen and oxygen atoms in total. The number of rotatable bonds is 2. The highest BCUT2D eigenvalue weighted by molar-refractivity contribution is 7.19. The Morgan fingerprint density at radius 2 is 2.00 bits per heavy atom. The number of nitrogens with zero attached hydrogens (tertiary/aromatic N) is 2. The largest absolute Gasteiger partial charge is 0.390 e. The number of benzene rings is 1. The van der Waals surface area contributed by atoms with Gasteiger partial charge in [0.2, 0.25) is 0 Å². The van der Waals surface area contributed by atoms with E-state index in [9.17, 15) is 5.11 Å². The van der Waals surface area contributed by atoms with E-state index in [0.29, 0.717) is 6.42 Å². The molecule has 0 spiro atoms. The van der Waals surface area contributed by atoms with Gasteiger partial charge in [0.25, 0.3) is 0 Å². The molecule has 0 saturated heterocycles. The molecule has 0 amide bonds. The summed E-state index contributed by atoms with van der Waals surface area (Å²) in [4.78, 5) is 8.95. The predicted molar refractivity (Wildman–Crippen MR) is 74.9 cm³/mol. The van der Waals surface area contributed by atoms with Crippen LogP contribution in [0.1, 0.15) is 18.9 Å². The molecule has 1 N–H and O–H groups in total. The van der Waals surface area contributed by atoms with Crippen LogP contribution >= 0.6 is 11.3 Å². The van der Waals surface area contributed by atoms with Crippen LogP contribution in [-0.4, -0.2) is 20.7 Å². The van der Waals surface area contributed by atoms with Gasteiger partial charge in [-0.1, -0.05) is 18.2 Å². The highest BCUT2D eigenvalue weighted by Gasteiger charge is 2.17. The van der Waals surface area contributed by atoms with E-state index in [1.54, 1.807) is 25.2 Å². The number of pyridine rings is 1. The van der Waals surface area contributed by atoms with Crippen LogP contribution < -0.4 is 0 Å². The summed E-state index contributed by atoms with van der Waals surface area (Å²) < 4.78 is 1.15. The summed E-state index contributed by atoms with van der Waals surface area (Å²) in [6.45, 7) is 3.60. The molecule has 2 heterocycles. The van der Waals surface area contributed by atoms with Gasteiger partial charge in [-0.2, -0.15) is 0 Å². The summed E-state index contributed by atoms with van der Waals surface area (Å²) in [5.41, 5.74) is 1.18. The average Bonchev–Trinajstić information content (AvgIpc) is 2.69. The lowest BCUT2D eigenvalue weighted by atomic mass is 10.1. The Balaban J connectivity index is 2.20. The van der Waals surface area contributed by atoms with Crippen molar-refractivity contribution in [2.75, 3.05) is 0 Å². The SMILES string of the molecule is CC(C)(O)Cc1nc2cnc3ccccc3c2s1. The van der Waals surface area contributed by atoms with Crippen LogP contribution in [0.4, 0.5) is 0 Å². The van der Waals surface area contributed by atoms with E-state index < -0.39 is 5.60 Å². The van der Waals surface area contributed by atoms with Crippen LogP contribution in [0.15, 0.2) is 30.5 Å². The van der Waals surface area contributed by atoms with Crippen molar-refractivity contribution in [1.82, 2.24) is 9.97 Å². The van der Waals surface area contributed by atoms with Crippen LogP contribution in [-0.2, 0) is 6.42 Å². The molecule has 0 aliphatic rings. The normalized spacial score (nSPS) is 12.4. The third kappa shape index (κ3) is 2.09. The van der Waals surface area contributed by atoms with Gasteiger partial charge in [0.15, 0.2) is 0 Å². The monoisotopic (exact) mass is 258 g/mol. The van der Waals surface area contributed by atoms with Gasteiger partial charge in [0, 0.05) is 11.8 Å². The standard InChI is InChI=1S/C14H14N2OS/c1-14(2,17)7-12-16-11-8-15-10-6-4-3-5-9(10)13(11)18-12/h3-6,8,17H,7H2,1-2H3. The van der Waals surface area contributed by atoms with E-state index in [1.807, 2.05) is 24.4 Å². The molecule has 0 atom stereocenters. The maximum atomic E-state index is 9.86. The summed E-state index contributed by atoms with van der Waals surface area (Å²) in [5.74, 6) is 0. The third-order valence-electron chi connectivity index (χ3n) is 2.76. The molecule has 4 heteroatoms. The van der Waals surface area contributed by atoms with E-state index in [2.05, 4.69) is 16.0 Å². The average molecular weight is 258 g/mol. The number of para-hydroxylation sites is 1. The summed E-state index contributed by atoms with van der Waals surface area (Å²) in [5, 5.41) is 11.9. The van der Waals surface area contributed by atoms with Crippen LogP contribution in [0.25, 0.3) is 21.1 Å². The highest BCUT2D eigenvalue weighted by atomic mass is 32.1. The number of fused-ring (bicyclic) bond motifs is 3. The predicted octanol–water partition coefficient (Wildman–Crippen LogP) is 3.16. The molecular formula is C14H14N2OS. The van der Waals surface area contributed by atoms with Crippen molar-refractivity contribution < 1.29 is 5.11 Å². The summed E-state index contributed by atoms with van der Waals surface area (Å²) in [7, 11) is 0. The zero-order valence-electron chi connectivity index (χ0n) is 10.3. The van der Waals surface area contributed by atoms with Crippen molar-refractivity contribution in [1.29, 1.82) is 0 Å². The smallest absolute Gasteiger partial charge is 0.100 e. The van der Waals surface area contributed by atoms with Gasteiger partial charge in [-0.3, -0.25) is 4.98 Å².